The van der Waals surface area contributed by atoms with E-state index in [0.717, 1.165) is 30.7 Å². The Balaban J connectivity index is 0.00000208. The van der Waals surface area contributed by atoms with Crippen LogP contribution in [0.1, 0.15) is 19.8 Å². The maximum Gasteiger partial charge on any atom is 0.229 e. The highest BCUT2D eigenvalue weighted by molar-refractivity contribution is 7.14. The Hall–Kier alpha value is -1.57. The van der Waals surface area contributed by atoms with Gasteiger partial charge in [0.15, 0.2) is 5.13 Å². The Labute approximate surface area is 149 Å². The molecule has 2 atom stereocenters. The van der Waals surface area contributed by atoms with Crippen molar-refractivity contribution in [2.45, 2.75) is 25.8 Å². The van der Waals surface area contributed by atoms with Crippen LogP contribution in [0.15, 0.2) is 23.6 Å². The molecule has 130 valence electrons. The molecule has 0 spiro atoms. The third-order valence-corrected chi connectivity index (χ3v) is 4.71. The highest BCUT2D eigenvalue weighted by atomic mass is 35.5. The number of amides is 1. The number of hydrogen-bond acceptors (Lipinski definition) is 4. The molecule has 8 heteroatoms. The van der Waals surface area contributed by atoms with Gasteiger partial charge < -0.3 is 10.6 Å². The summed E-state index contributed by atoms with van der Waals surface area (Å²) in [5.41, 5.74) is 0.0271. The number of thiazole rings is 1. The van der Waals surface area contributed by atoms with Crippen LogP contribution in [0.2, 0.25) is 0 Å². The van der Waals surface area contributed by atoms with E-state index in [1.54, 1.807) is 5.38 Å². The number of carbonyl (C=O) groups excluding carboxylic acids is 1. The summed E-state index contributed by atoms with van der Waals surface area (Å²) < 4.78 is 27.5. The third kappa shape index (κ3) is 4.09. The van der Waals surface area contributed by atoms with E-state index in [0.29, 0.717) is 11.2 Å². The Kier molecular flexibility index (Phi) is 6.26. The minimum Gasteiger partial charge on any atom is -0.314 e. The summed E-state index contributed by atoms with van der Waals surface area (Å²) in [5.74, 6) is -1.49. The first-order chi connectivity index (χ1) is 11.0. The van der Waals surface area contributed by atoms with Crippen molar-refractivity contribution in [1.29, 1.82) is 0 Å². The number of rotatable bonds is 3. The molecule has 1 aromatic carbocycles. The van der Waals surface area contributed by atoms with Crippen molar-refractivity contribution < 1.29 is 13.6 Å². The number of piperidine rings is 1. The second kappa shape index (κ2) is 8.00. The van der Waals surface area contributed by atoms with Crippen LogP contribution < -0.4 is 10.6 Å². The maximum atomic E-state index is 13.8. The van der Waals surface area contributed by atoms with Gasteiger partial charge in [-0.2, -0.15) is 0 Å². The molecule has 0 unspecified atom stereocenters. The van der Waals surface area contributed by atoms with Gasteiger partial charge in [-0.25, -0.2) is 13.8 Å². The van der Waals surface area contributed by atoms with E-state index in [1.165, 1.54) is 18.2 Å². The van der Waals surface area contributed by atoms with Crippen molar-refractivity contribution in [1.82, 2.24) is 10.3 Å². The van der Waals surface area contributed by atoms with Crippen LogP contribution in [-0.2, 0) is 4.79 Å². The molecular formula is C16H18ClF2N3OS. The number of benzene rings is 1. The van der Waals surface area contributed by atoms with Crippen molar-refractivity contribution in [3.05, 3.63) is 35.2 Å². The number of carbonyl (C=O) groups is 1. The molecule has 3 rings (SSSR count). The summed E-state index contributed by atoms with van der Waals surface area (Å²) in [7, 11) is 0. The van der Waals surface area contributed by atoms with Crippen molar-refractivity contribution in [2.24, 2.45) is 5.92 Å². The number of aromatic nitrogens is 1. The lowest BCUT2D eigenvalue weighted by molar-refractivity contribution is -0.120. The van der Waals surface area contributed by atoms with E-state index in [4.69, 9.17) is 0 Å². The Morgan fingerprint density at radius 1 is 1.38 bits per heavy atom. The summed E-state index contributed by atoms with van der Waals surface area (Å²) in [5, 5.41) is 7.95. The Morgan fingerprint density at radius 2 is 2.08 bits per heavy atom. The number of anilines is 1. The minimum atomic E-state index is -0.666. The molecule has 0 bridgehead atoms. The number of halogens is 3. The predicted octanol–water partition coefficient (Wildman–Crippen LogP) is 3.84. The van der Waals surface area contributed by atoms with E-state index in [2.05, 4.69) is 15.6 Å². The van der Waals surface area contributed by atoms with Crippen LogP contribution in [0.4, 0.5) is 13.9 Å². The van der Waals surface area contributed by atoms with Crippen LogP contribution in [0.5, 0.6) is 0 Å². The van der Waals surface area contributed by atoms with E-state index in [1.807, 2.05) is 6.92 Å². The van der Waals surface area contributed by atoms with Crippen molar-refractivity contribution >= 4 is 34.8 Å². The minimum absolute atomic E-state index is 0. The van der Waals surface area contributed by atoms with Gasteiger partial charge in [0.05, 0.1) is 11.3 Å². The molecule has 1 aliphatic heterocycles. The topological polar surface area (TPSA) is 54.0 Å². The Morgan fingerprint density at radius 3 is 2.75 bits per heavy atom. The van der Waals surface area contributed by atoms with Gasteiger partial charge in [-0.05, 0) is 38.4 Å². The molecule has 1 saturated heterocycles. The van der Waals surface area contributed by atoms with Crippen LogP contribution in [0, 0.1) is 17.6 Å². The van der Waals surface area contributed by atoms with Gasteiger partial charge in [0.1, 0.15) is 11.6 Å². The van der Waals surface area contributed by atoms with Gasteiger partial charge in [-0.1, -0.05) is 6.07 Å². The summed E-state index contributed by atoms with van der Waals surface area (Å²) in [6.07, 6.45) is 1.54. The van der Waals surface area contributed by atoms with Crippen molar-refractivity contribution in [3.63, 3.8) is 0 Å². The summed E-state index contributed by atoms with van der Waals surface area (Å²) in [6.45, 7) is 2.85. The first-order valence-electron chi connectivity index (χ1n) is 7.48. The first-order valence-corrected chi connectivity index (χ1v) is 8.36. The second-order valence-electron chi connectivity index (χ2n) is 5.70. The van der Waals surface area contributed by atoms with Crippen LogP contribution in [0.3, 0.4) is 0 Å². The molecule has 2 N–H and O–H groups in total. The molecule has 1 fully saturated rings. The fourth-order valence-corrected chi connectivity index (χ4v) is 3.47. The summed E-state index contributed by atoms with van der Waals surface area (Å²) >= 11 is 1.16. The van der Waals surface area contributed by atoms with Gasteiger partial charge in [0.2, 0.25) is 5.91 Å². The zero-order valence-corrected chi connectivity index (χ0v) is 14.6. The van der Waals surface area contributed by atoms with Gasteiger partial charge in [-0.3, -0.25) is 4.79 Å². The smallest absolute Gasteiger partial charge is 0.229 e. The molecule has 1 amide bonds. The molecule has 0 radical (unpaired) electrons. The molecule has 24 heavy (non-hydrogen) atoms. The van der Waals surface area contributed by atoms with Crippen LogP contribution >= 0.6 is 23.7 Å². The van der Waals surface area contributed by atoms with Gasteiger partial charge in [0, 0.05) is 17.3 Å². The van der Waals surface area contributed by atoms with Gasteiger partial charge in [-0.15, -0.1) is 23.7 Å². The fourth-order valence-electron chi connectivity index (χ4n) is 2.77. The van der Waals surface area contributed by atoms with E-state index < -0.39 is 11.6 Å². The maximum absolute atomic E-state index is 13.8. The zero-order valence-electron chi connectivity index (χ0n) is 13.0. The first kappa shape index (κ1) is 18.8. The van der Waals surface area contributed by atoms with Gasteiger partial charge >= 0.3 is 0 Å². The fraction of sp³-hybridized carbons (Fsp3) is 0.375. The van der Waals surface area contributed by atoms with Gasteiger partial charge in [0.25, 0.3) is 0 Å². The molecular weight excluding hydrogens is 356 g/mol. The molecule has 1 aromatic heterocycles. The van der Waals surface area contributed by atoms with E-state index >= 15 is 0 Å². The highest BCUT2D eigenvalue weighted by Crippen LogP contribution is 2.29. The highest BCUT2D eigenvalue weighted by Gasteiger charge is 2.25. The largest absolute Gasteiger partial charge is 0.314 e. The molecule has 4 nitrogen and oxygen atoms in total. The monoisotopic (exact) mass is 373 g/mol. The quantitative estimate of drug-likeness (QED) is 0.859. The predicted molar refractivity (Wildman–Crippen MR) is 93.5 cm³/mol. The molecule has 2 aromatic rings. The van der Waals surface area contributed by atoms with Crippen LogP contribution in [0.25, 0.3) is 11.3 Å². The number of nitrogens with zero attached hydrogens (tertiary/aromatic N) is 1. The summed E-state index contributed by atoms with van der Waals surface area (Å²) in [6, 6.07) is 3.99. The van der Waals surface area contributed by atoms with Crippen molar-refractivity contribution in [3.8, 4) is 11.3 Å². The third-order valence-electron chi connectivity index (χ3n) is 3.95. The average Bonchev–Trinajstić information content (AvgIpc) is 2.95. The number of hydrogen-bond donors (Lipinski definition) is 2. The lowest BCUT2D eigenvalue weighted by Gasteiger charge is -2.26. The zero-order chi connectivity index (χ0) is 16.4. The van der Waals surface area contributed by atoms with Crippen LogP contribution in [-0.4, -0.2) is 23.5 Å². The number of nitrogens with one attached hydrogen (secondary N) is 2. The molecule has 0 aliphatic carbocycles. The average molecular weight is 374 g/mol. The second-order valence-corrected chi connectivity index (χ2v) is 6.56. The van der Waals surface area contributed by atoms with E-state index in [-0.39, 0.29) is 35.5 Å². The van der Waals surface area contributed by atoms with Crippen molar-refractivity contribution in [2.75, 3.05) is 11.9 Å². The van der Waals surface area contributed by atoms with E-state index in [9.17, 15) is 13.6 Å². The molecule has 1 aliphatic rings. The molecule has 0 saturated carbocycles. The lowest BCUT2D eigenvalue weighted by Crippen LogP contribution is -2.40. The summed E-state index contributed by atoms with van der Waals surface area (Å²) in [4.78, 5) is 16.4. The molecule has 2 heterocycles. The SMILES string of the molecule is C[C@H]1C[C@@H](C(=O)Nc2nc(-c3c(F)cccc3F)cs2)CCN1.Cl. The lowest BCUT2D eigenvalue weighted by atomic mass is 9.92. The standard InChI is InChI=1S/C16H17F2N3OS.ClH/c1-9-7-10(5-6-19-9)15(22)21-16-20-13(8-23-16)14-11(17)3-2-4-12(14)18;/h2-4,8-10,19H,5-7H2,1H3,(H,20,21,22);1H/t9-,10-;/m0./s1. The Bertz CT molecular complexity index is 705. The normalized spacial score (nSPS) is 20.3.